The average molecular weight is 388 g/mol. The monoisotopic (exact) mass is 388 g/mol. The Morgan fingerprint density at radius 3 is 1.43 bits per heavy atom. The van der Waals surface area contributed by atoms with Gasteiger partial charge in [0.05, 0.1) is 0 Å². The molecule has 0 fully saturated rings. The molecule has 0 aliphatic carbocycles. The molecule has 0 aliphatic heterocycles. The fourth-order valence-electron chi connectivity index (χ4n) is 3.26. The van der Waals surface area contributed by atoms with Gasteiger partial charge < -0.3 is 0 Å². The van der Waals surface area contributed by atoms with E-state index in [1.807, 2.05) is 42.5 Å². The van der Waals surface area contributed by atoms with Crippen molar-refractivity contribution in [3.63, 3.8) is 0 Å². The van der Waals surface area contributed by atoms with Gasteiger partial charge in [-0.25, -0.2) is 0 Å². The Morgan fingerprint density at radius 1 is 0.464 bits per heavy atom. The smallest absolute Gasteiger partial charge is 0.196 e. The van der Waals surface area contributed by atoms with Crippen LogP contribution in [0.25, 0.3) is 0 Å². The van der Waals surface area contributed by atoms with Gasteiger partial charge >= 0.3 is 0 Å². The highest BCUT2D eigenvalue weighted by atomic mass is 31.1. The molecule has 0 heterocycles. The molecule has 3 heteroatoms. The van der Waals surface area contributed by atoms with Crippen LogP contribution in [-0.2, 0) is 5.92 Å². The fraction of sp³-hybridized carbons (Fsp3) is 0.0400. The first-order valence-electron chi connectivity index (χ1n) is 9.10. The van der Waals surface area contributed by atoms with E-state index in [1.54, 1.807) is 30.3 Å². The Morgan fingerprint density at radius 2 is 0.893 bits per heavy atom. The highest BCUT2D eigenvalue weighted by molar-refractivity contribution is 7.79. The third kappa shape index (κ3) is 3.74. The summed E-state index contributed by atoms with van der Waals surface area (Å²) in [6, 6.07) is 35.1. The maximum Gasteiger partial charge on any atom is 0.298 e. The summed E-state index contributed by atoms with van der Waals surface area (Å²) < 4.78 is 30.3. The Hall–Kier alpha value is -2.83. The van der Waals surface area contributed by atoms with Crippen LogP contribution >= 0.6 is 7.92 Å². The average Bonchev–Trinajstić information content (AvgIpc) is 2.76. The number of alkyl halides is 2. The Balaban J connectivity index is 1.82. The van der Waals surface area contributed by atoms with E-state index < -0.39 is 13.8 Å². The van der Waals surface area contributed by atoms with Gasteiger partial charge in [0.15, 0.2) is 0 Å². The molecule has 0 aliphatic rings. The lowest BCUT2D eigenvalue weighted by molar-refractivity contribution is 0.0429. The van der Waals surface area contributed by atoms with Gasteiger partial charge in [0.2, 0.25) is 0 Å². The first-order valence-corrected chi connectivity index (χ1v) is 10.4. The van der Waals surface area contributed by atoms with E-state index in [-0.39, 0.29) is 11.1 Å². The van der Waals surface area contributed by atoms with E-state index in [0.717, 1.165) is 15.9 Å². The third-order valence-corrected chi connectivity index (χ3v) is 7.06. The van der Waals surface area contributed by atoms with E-state index in [2.05, 4.69) is 24.3 Å². The number of rotatable bonds is 5. The normalized spacial score (nSPS) is 11.5. The van der Waals surface area contributed by atoms with Crippen LogP contribution in [-0.4, -0.2) is 0 Å². The van der Waals surface area contributed by atoms with Crippen LogP contribution in [0.15, 0.2) is 115 Å². The number of benzene rings is 4. The lowest BCUT2D eigenvalue weighted by Crippen LogP contribution is -2.23. The summed E-state index contributed by atoms with van der Waals surface area (Å²) in [5.41, 5.74) is 0.0338. The second-order valence-electron chi connectivity index (χ2n) is 6.50. The first-order chi connectivity index (χ1) is 13.7. The molecule has 0 nitrogen and oxygen atoms in total. The lowest BCUT2D eigenvalue weighted by Gasteiger charge is -2.22. The molecule has 4 aromatic rings. The van der Waals surface area contributed by atoms with Gasteiger partial charge in [-0.15, -0.1) is 0 Å². The van der Waals surface area contributed by atoms with Gasteiger partial charge in [-0.1, -0.05) is 109 Å². The fourth-order valence-corrected chi connectivity index (χ4v) is 5.59. The van der Waals surface area contributed by atoms with Gasteiger partial charge in [0.1, 0.15) is 0 Å². The molecule has 0 radical (unpaired) electrons. The molecule has 0 N–H and O–H groups in total. The quantitative estimate of drug-likeness (QED) is 0.391. The van der Waals surface area contributed by atoms with E-state index >= 15 is 8.78 Å². The van der Waals surface area contributed by atoms with Crippen molar-refractivity contribution in [2.45, 2.75) is 5.92 Å². The molecule has 28 heavy (non-hydrogen) atoms. The summed E-state index contributed by atoms with van der Waals surface area (Å²) in [6.45, 7) is 0. The van der Waals surface area contributed by atoms with Gasteiger partial charge in [-0.3, -0.25) is 0 Å². The maximum atomic E-state index is 15.1. The van der Waals surface area contributed by atoms with Crippen LogP contribution in [0.5, 0.6) is 0 Å². The van der Waals surface area contributed by atoms with E-state index in [4.69, 9.17) is 0 Å². The van der Waals surface area contributed by atoms with Crippen molar-refractivity contribution in [3.8, 4) is 0 Å². The zero-order valence-electron chi connectivity index (χ0n) is 15.2. The van der Waals surface area contributed by atoms with Crippen LogP contribution in [0.1, 0.15) is 11.1 Å². The summed E-state index contributed by atoms with van der Waals surface area (Å²) in [5.74, 6) is -3.04. The molecule has 4 aromatic carbocycles. The predicted octanol–water partition coefficient (Wildman–Crippen LogP) is 5.58. The number of hydrogen-bond acceptors (Lipinski definition) is 0. The molecule has 0 bridgehead atoms. The standard InChI is InChI=1S/C25H19F2P/c26-25(27,20-11-4-1-5-12-20)21-13-10-18-24(19-21)28(22-14-6-2-7-15-22)23-16-8-3-9-17-23/h1-19H. The molecule has 0 saturated heterocycles. The van der Waals surface area contributed by atoms with Crippen molar-refractivity contribution in [2.24, 2.45) is 0 Å². The van der Waals surface area contributed by atoms with Crippen molar-refractivity contribution in [3.05, 3.63) is 126 Å². The molecule has 4 rings (SSSR count). The van der Waals surface area contributed by atoms with Crippen molar-refractivity contribution < 1.29 is 8.78 Å². The van der Waals surface area contributed by atoms with Gasteiger partial charge in [0, 0.05) is 11.1 Å². The molecule has 0 saturated carbocycles. The Labute approximate surface area is 165 Å². The minimum atomic E-state index is -3.04. The largest absolute Gasteiger partial charge is 0.298 e. The molecule has 0 amide bonds. The van der Waals surface area contributed by atoms with Crippen molar-refractivity contribution >= 4 is 23.8 Å². The molecular weight excluding hydrogens is 369 g/mol. The minimum Gasteiger partial charge on any atom is -0.196 e. The summed E-state index contributed by atoms with van der Waals surface area (Å²) in [4.78, 5) is 0. The first kappa shape index (κ1) is 18.5. The van der Waals surface area contributed by atoms with Crippen LogP contribution in [0.2, 0.25) is 0 Å². The Bertz CT molecular complexity index is 992. The topological polar surface area (TPSA) is 0 Å². The molecule has 0 spiro atoms. The maximum absolute atomic E-state index is 15.1. The summed E-state index contributed by atoms with van der Waals surface area (Å²) in [6.07, 6.45) is 0. The minimum absolute atomic E-state index is 0.0101. The number of hydrogen-bond donors (Lipinski definition) is 0. The molecular formula is C25H19F2P. The van der Waals surface area contributed by atoms with Crippen molar-refractivity contribution in [1.82, 2.24) is 0 Å². The van der Waals surface area contributed by atoms with E-state index in [9.17, 15) is 0 Å². The van der Waals surface area contributed by atoms with Gasteiger partial charge in [-0.05, 0) is 29.9 Å². The second-order valence-corrected chi connectivity index (χ2v) is 8.72. The van der Waals surface area contributed by atoms with E-state index in [0.29, 0.717) is 0 Å². The molecule has 138 valence electrons. The highest BCUT2D eigenvalue weighted by Crippen LogP contribution is 2.38. The SMILES string of the molecule is FC(F)(c1ccccc1)c1cccc(P(c2ccccc2)c2ccccc2)c1. The van der Waals surface area contributed by atoms with Crippen LogP contribution in [0.4, 0.5) is 8.78 Å². The molecule has 0 unspecified atom stereocenters. The summed E-state index contributed by atoms with van der Waals surface area (Å²) >= 11 is 0. The molecule has 0 aromatic heterocycles. The van der Waals surface area contributed by atoms with Crippen molar-refractivity contribution in [1.29, 1.82) is 0 Å². The van der Waals surface area contributed by atoms with Crippen LogP contribution in [0.3, 0.4) is 0 Å². The highest BCUT2D eigenvalue weighted by Gasteiger charge is 2.34. The molecule has 0 atom stereocenters. The third-order valence-electron chi connectivity index (χ3n) is 4.63. The predicted molar refractivity (Wildman–Crippen MR) is 115 cm³/mol. The lowest BCUT2D eigenvalue weighted by atomic mass is 10.0. The zero-order valence-corrected chi connectivity index (χ0v) is 16.1. The van der Waals surface area contributed by atoms with Gasteiger partial charge in [0.25, 0.3) is 5.92 Å². The van der Waals surface area contributed by atoms with E-state index in [1.165, 1.54) is 18.2 Å². The van der Waals surface area contributed by atoms with Crippen molar-refractivity contribution in [2.75, 3.05) is 0 Å². The van der Waals surface area contributed by atoms with Crippen LogP contribution in [0, 0.1) is 0 Å². The van der Waals surface area contributed by atoms with Gasteiger partial charge in [-0.2, -0.15) is 8.78 Å². The van der Waals surface area contributed by atoms with Crippen LogP contribution < -0.4 is 15.9 Å². The second kappa shape index (κ2) is 8.04. The number of halogens is 2. The summed E-state index contributed by atoms with van der Waals surface area (Å²) in [5, 5.41) is 3.20. The summed E-state index contributed by atoms with van der Waals surface area (Å²) in [7, 11) is -0.912. The Kier molecular flexibility index (Phi) is 5.32. The zero-order chi connectivity index (χ0) is 19.4.